The van der Waals surface area contributed by atoms with Crippen molar-refractivity contribution in [1.82, 2.24) is 9.80 Å². The van der Waals surface area contributed by atoms with E-state index < -0.39 is 0 Å². The highest BCUT2D eigenvalue weighted by Gasteiger charge is 2.39. The number of amides is 2. The lowest BCUT2D eigenvalue weighted by Crippen LogP contribution is -2.51. The first-order chi connectivity index (χ1) is 16.4. The van der Waals surface area contributed by atoms with Crippen LogP contribution in [0.15, 0.2) is 24.3 Å². The van der Waals surface area contributed by atoms with E-state index in [-0.39, 0.29) is 42.0 Å². The van der Waals surface area contributed by atoms with Crippen molar-refractivity contribution >= 4 is 17.7 Å². The molecule has 0 radical (unpaired) electrons. The van der Waals surface area contributed by atoms with Gasteiger partial charge >= 0.3 is 6.09 Å². The SMILES string of the molecule is CCC(CC1CCC(C)N1C(=O)OC1CCC1)N1CCC(N(C(C)=O)c2ccc(F)cc2)CC1. The minimum Gasteiger partial charge on any atom is -0.446 e. The van der Waals surface area contributed by atoms with E-state index in [1.165, 1.54) is 12.1 Å². The second-order valence-electron chi connectivity index (χ2n) is 10.4. The van der Waals surface area contributed by atoms with Crippen LogP contribution in [-0.4, -0.2) is 65.2 Å². The van der Waals surface area contributed by atoms with Crippen LogP contribution in [0.2, 0.25) is 0 Å². The maximum atomic E-state index is 13.4. The Morgan fingerprint density at radius 1 is 1.09 bits per heavy atom. The summed E-state index contributed by atoms with van der Waals surface area (Å²) in [6.45, 7) is 7.79. The van der Waals surface area contributed by atoms with Gasteiger partial charge in [-0.05, 0) is 89.0 Å². The highest BCUT2D eigenvalue weighted by Crippen LogP contribution is 2.33. The molecule has 6 nitrogen and oxygen atoms in total. The number of carbonyl (C=O) groups excluding carboxylic acids is 2. The standard InChI is InChI=1S/C27H40FN3O3/c1-4-22(18-25-11-8-19(2)30(25)27(33)34-26-6-5-7-26)29-16-14-24(15-17-29)31(20(3)32)23-12-9-21(28)10-13-23/h9-10,12-13,19,22,24-26H,4-8,11,14-18H2,1-3H3. The summed E-state index contributed by atoms with van der Waals surface area (Å²) < 4.78 is 19.1. The number of nitrogens with zero attached hydrogens (tertiary/aromatic N) is 3. The molecule has 34 heavy (non-hydrogen) atoms. The topological polar surface area (TPSA) is 53.1 Å². The maximum Gasteiger partial charge on any atom is 0.410 e. The van der Waals surface area contributed by atoms with Gasteiger partial charge in [0.2, 0.25) is 5.91 Å². The number of ether oxygens (including phenoxy) is 1. The molecule has 0 N–H and O–H groups in total. The highest BCUT2D eigenvalue weighted by molar-refractivity contribution is 5.92. The quantitative estimate of drug-likeness (QED) is 0.535. The molecule has 1 aromatic rings. The summed E-state index contributed by atoms with van der Waals surface area (Å²) in [5.74, 6) is -0.294. The summed E-state index contributed by atoms with van der Waals surface area (Å²) in [5.41, 5.74) is 0.764. The van der Waals surface area contributed by atoms with Gasteiger partial charge in [0.05, 0.1) is 0 Å². The molecule has 1 aromatic carbocycles. The molecule has 3 aliphatic rings. The van der Waals surface area contributed by atoms with E-state index in [9.17, 15) is 14.0 Å². The number of piperidine rings is 1. The van der Waals surface area contributed by atoms with Crippen LogP contribution in [0.5, 0.6) is 0 Å². The third-order valence-electron chi connectivity index (χ3n) is 8.16. The Bertz CT molecular complexity index is 836. The lowest BCUT2D eigenvalue weighted by Gasteiger charge is -2.42. The van der Waals surface area contributed by atoms with Gasteiger partial charge in [-0.3, -0.25) is 4.79 Å². The van der Waals surface area contributed by atoms with Crippen molar-refractivity contribution in [1.29, 1.82) is 0 Å². The average molecular weight is 474 g/mol. The van der Waals surface area contributed by atoms with Crippen LogP contribution in [0.1, 0.15) is 78.6 Å². The summed E-state index contributed by atoms with van der Waals surface area (Å²) in [5, 5.41) is 0. The molecule has 3 fully saturated rings. The second kappa shape index (κ2) is 11.1. The molecular formula is C27H40FN3O3. The number of benzene rings is 1. The molecule has 3 atom stereocenters. The van der Waals surface area contributed by atoms with Crippen molar-refractivity contribution in [2.45, 2.75) is 109 Å². The zero-order valence-electron chi connectivity index (χ0n) is 20.9. The summed E-state index contributed by atoms with van der Waals surface area (Å²) in [6, 6.07) is 7.21. The second-order valence-corrected chi connectivity index (χ2v) is 10.4. The van der Waals surface area contributed by atoms with Crippen LogP contribution < -0.4 is 4.90 Å². The van der Waals surface area contributed by atoms with Gasteiger partial charge in [0, 0.05) is 49.9 Å². The Kier molecular flexibility index (Phi) is 8.12. The minimum atomic E-state index is -0.292. The van der Waals surface area contributed by atoms with Crippen LogP contribution in [0.25, 0.3) is 0 Å². The van der Waals surface area contributed by atoms with E-state index in [1.54, 1.807) is 19.1 Å². The van der Waals surface area contributed by atoms with Crippen molar-refractivity contribution in [3.8, 4) is 0 Å². The van der Waals surface area contributed by atoms with Crippen LogP contribution in [-0.2, 0) is 9.53 Å². The summed E-state index contributed by atoms with van der Waals surface area (Å²) >= 11 is 0. The Labute approximate surface area is 203 Å². The van der Waals surface area contributed by atoms with Gasteiger partial charge in [0.25, 0.3) is 0 Å². The number of hydrogen-bond donors (Lipinski definition) is 0. The van der Waals surface area contributed by atoms with Gasteiger partial charge in [-0.25, -0.2) is 9.18 Å². The molecule has 1 aliphatic carbocycles. The normalized spacial score (nSPS) is 25.1. The van der Waals surface area contributed by atoms with Crippen LogP contribution in [0.4, 0.5) is 14.9 Å². The zero-order chi connectivity index (χ0) is 24.2. The van der Waals surface area contributed by atoms with Crippen molar-refractivity contribution < 1.29 is 18.7 Å². The molecule has 1 saturated carbocycles. The van der Waals surface area contributed by atoms with Crippen LogP contribution in [0.3, 0.4) is 0 Å². The number of rotatable bonds is 7. The summed E-state index contributed by atoms with van der Waals surface area (Å²) in [7, 11) is 0. The first-order valence-corrected chi connectivity index (χ1v) is 13.2. The number of hydrogen-bond acceptors (Lipinski definition) is 4. The first kappa shape index (κ1) is 25.0. The zero-order valence-corrected chi connectivity index (χ0v) is 20.9. The summed E-state index contributed by atoms with van der Waals surface area (Å²) in [6.07, 6.45) is 9.02. The van der Waals surface area contributed by atoms with Gasteiger partial charge in [-0.1, -0.05) is 6.92 Å². The third-order valence-corrected chi connectivity index (χ3v) is 8.16. The molecule has 2 amide bonds. The van der Waals surface area contributed by atoms with Crippen LogP contribution in [0, 0.1) is 5.82 Å². The minimum absolute atomic E-state index is 0.00217. The van der Waals surface area contributed by atoms with E-state index in [4.69, 9.17) is 4.74 Å². The third kappa shape index (κ3) is 5.56. The van der Waals surface area contributed by atoms with Crippen molar-refractivity contribution in [3.05, 3.63) is 30.1 Å². The fourth-order valence-corrected chi connectivity index (χ4v) is 5.97. The Morgan fingerprint density at radius 2 is 1.76 bits per heavy atom. The fourth-order valence-electron chi connectivity index (χ4n) is 5.97. The van der Waals surface area contributed by atoms with E-state index in [0.29, 0.717) is 6.04 Å². The number of likely N-dealkylation sites (tertiary alicyclic amines) is 2. The Morgan fingerprint density at radius 3 is 2.32 bits per heavy atom. The number of halogens is 1. The molecule has 188 valence electrons. The first-order valence-electron chi connectivity index (χ1n) is 13.2. The predicted octanol–water partition coefficient (Wildman–Crippen LogP) is 5.35. The monoisotopic (exact) mass is 473 g/mol. The van der Waals surface area contributed by atoms with Gasteiger partial charge < -0.3 is 19.4 Å². The van der Waals surface area contributed by atoms with Crippen molar-refractivity contribution in [3.63, 3.8) is 0 Å². The van der Waals surface area contributed by atoms with E-state index in [0.717, 1.165) is 76.6 Å². The van der Waals surface area contributed by atoms with Crippen molar-refractivity contribution in [2.24, 2.45) is 0 Å². The Hall–Kier alpha value is -2.15. The van der Waals surface area contributed by atoms with Gasteiger partial charge in [0.1, 0.15) is 11.9 Å². The van der Waals surface area contributed by atoms with Gasteiger partial charge in [-0.2, -0.15) is 0 Å². The number of anilines is 1. The largest absolute Gasteiger partial charge is 0.446 e. The molecule has 2 saturated heterocycles. The van der Waals surface area contributed by atoms with Crippen molar-refractivity contribution in [2.75, 3.05) is 18.0 Å². The molecule has 3 unspecified atom stereocenters. The smallest absolute Gasteiger partial charge is 0.410 e. The highest BCUT2D eigenvalue weighted by atomic mass is 19.1. The van der Waals surface area contributed by atoms with E-state index >= 15 is 0 Å². The maximum absolute atomic E-state index is 13.4. The van der Waals surface area contributed by atoms with Gasteiger partial charge in [0.15, 0.2) is 0 Å². The average Bonchev–Trinajstić information content (AvgIpc) is 3.16. The molecule has 0 bridgehead atoms. The molecule has 2 aliphatic heterocycles. The summed E-state index contributed by atoms with van der Waals surface area (Å²) in [4.78, 5) is 31.7. The lowest BCUT2D eigenvalue weighted by molar-refractivity contribution is -0.117. The van der Waals surface area contributed by atoms with Gasteiger partial charge in [-0.15, -0.1) is 0 Å². The Balaban J connectivity index is 1.35. The van der Waals surface area contributed by atoms with E-state index in [1.807, 2.05) is 9.80 Å². The van der Waals surface area contributed by atoms with E-state index in [2.05, 4.69) is 18.7 Å². The number of carbonyl (C=O) groups is 2. The predicted molar refractivity (Wildman–Crippen MR) is 131 cm³/mol. The molecule has 7 heteroatoms. The molecule has 4 rings (SSSR count). The molecule has 0 spiro atoms. The van der Waals surface area contributed by atoms with Crippen LogP contribution >= 0.6 is 0 Å². The molecule has 2 heterocycles. The molecular weight excluding hydrogens is 433 g/mol. The fraction of sp³-hybridized carbons (Fsp3) is 0.704. The molecule has 0 aromatic heterocycles. The lowest BCUT2D eigenvalue weighted by atomic mass is 9.96.